The lowest BCUT2D eigenvalue weighted by atomic mass is 9.84. The zero-order valence-corrected chi connectivity index (χ0v) is 18.0. The Morgan fingerprint density at radius 2 is 1.90 bits per heavy atom. The average molecular weight is 451 g/mol. The first-order valence-corrected chi connectivity index (χ1v) is 10.8. The lowest BCUT2D eigenvalue weighted by molar-refractivity contribution is -0.125. The molecule has 0 N–H and O–H groups in total. The molecule has 3 saturated heterocycles. The fourth-order valence-electron chi connectivity index (χ4n) is 4.53. The standard InChI is InChI=1S/C24H23BrN2O2/c1-29-20-5-2-16(3-6-20)14-27-15-18(21-13-19(25)4-7-22(21)27)12-23-24(28)17-8-10-26(23)11-9-17/h2-7,12-13,15,17H,8-11,14H2,1H3/b23-12-. The number of ether oxygens (including phenoxy) is 1. The van der Waals surface area contributed by atoms with E-state index in [1.165, 1.54) is 11.1 Å². The minimum Gasteiger partial charge on any atom is -0.497 e. The third-order valence-electron chi connectivity index (χ3n) is 6.14. The Kier molecular flexibility index (Phi) is 4.70. The Balaban J connectivity index is 1.56. The number of rotatable bonds is 4. The molecule has 0 unspecified atom stereocenters. The highest BCUT2D eigenvalue weighted by Gasteiger charge is 2.36. The number of carbonyl (C=O) groups excluding carboxylic acids is 1. The molecule has 6 rings (SSSR count). The molecule has 4 heterocycles. The second-order valence-electron chi connectivity index (χ2n) is 7.88. The van der Waals surface area contributed by atoms with Crippen LogP contribution >= 0.6 is 15.9 Å². The second kappa shape index (κ2) is 7.38. The van der Waals surface area contributed by atoms with Crippen LogP contribution in [0.15, 0.2) is 58.8 Å². The SMILES string of the molecule is COc1ccc(Cn2cc(/C=C3/C(=O)C4CCN3CC4)c3cc(Br)ccc32)cc1. The summed E-state index contributed by atoms with van der Waals surface area (Å²) in [5, 5.41) is 1.16. The minimum atomic E-state index is 0.214. The summed E-state index contributed by atoms with van der Waals surface area (Å²) in [6.45, 7) is 2.76. The zero-order chi connectivity index (χ0) is 20.0. The number of Topliss-reactive ketones (excluding diaryl/α,β-unsaturated/α-hetero) is 1. The summed E-state index contributed by atoms with van der Waals surface area (Å²) in [5.74, 6) is 1.39. The Labute approximate surface area is 178 Å². The van der Waals surface area contributed by atoms with Gasteiger partial charge in [-0.1, -0.05) is 28.1 Å². The van der Waals surface area contributed by atoms with Gasteiger partial charge in [-0.2, -0.15) is 0 Å². The molecule has 2 aromatic carbocycles. The van der Waals surface area contributed by atoms with Gasteiger partial charge in [0.15, 0.2) is 5.78 Å². The third kappa shape index (κ3) is 3.38. The van der Waals surface area contributed by atoms with Crippen LogP contribution < -0.4 is 4.74 Å². The van der Waals surface area contributed by atoms with Crippen molar-refractivity contribution < 1.29 is 9.53 Å². The molecule has 3 aliphatic heterocycles. The van der Waals surface area contributed by atoms with Gasteiger partial charge in [-0.05, 0) is 54.8 Å². The molecule has 2 bridgehead atoms. The van der Waals surface area contributed by atoms with E-state index in [4.69, 9.17) is 4.74 Å². The van der Waals surface area contributed by atoms with Gasteiger partial charge in [0, 0.05) is 52.7 Å². The number of carbonyl (C=O) groups is 1. The fourth-order valence-corrected chi connectivity index (χ4v) is 4.89. The molecule has 29 heavy (non-hydrogen) atoms. The van der Waals surface area contributed by atoms with Crippen molar-refractivity contribution in [1.82, 2.24) is 9.47 Å². The van der Waals surface area contributed by atoms with Crippen molar-refractivity contribution in [2.75, 3.05) is 20.2 Å². The monoisotopic (exact) mass is 450 g/mol. The van der Waals surface area contributed by atoms with Crippen LogP contribution in [-0.4, -0.2) is 35.4 Å². The third-order valence-corrected chi connectivity index (χ3v) is 6.63. The normalized spacial score (nSPS) is 18.2. The van der Waals surface area contributed by atoms with Crippen LogP contribution in [0.3, 0.4) is 0 Å². The number of hydrogen-bond donors (Lipinski definition) is 0. The molecule has 0 amide bonds. The van der Waals surface area contributed by atoms with Crippen molar-refractivity contribution in [2.45, 2.75) is 19.4 Å². The van der Waals surface area contributed by atoms with E-state index in [1.54, 1.807) is 7.11 Å². The van der Waals surface area contributed by atoms with E-state index in [0.717, 1.165) is 59.3 Å². The van der Waals surface area contributed by atoms with Gasteiger partial charge < -0.3 is 14.2 Å². The molecule has 0 saturated carbocycles. The molecule has 0 atom stereocenters. The number of ketones is 1. The lowest BCUT2D eigenvalue weighted by Gasteiger charge is -2.41. The van der Waals surface area contributed by atoms with Gasteiger partial charge >= 0.3 is 0 Å². The number of aromatic nitrogens is 1. The maximum absolute atomic E-state index is 12.8. The molecular weight excluding hydrogens is 428 g/mol. The molecule has 1 aromatic heterocycles. The van der Waals surface area contributed by atoms with Crippen molar-refractivity contribution in [3.05, 3.63) is 70.0 Å². The summed E-state index contributed by atoms with van der Waals surface area (Å²) >= 11 is 3.61. The molecule has 0 aliphatic carbocycles. The van der Waals surface area contributed by atoms with Crippen LogP contribution in [0.2, 0.25) is 0 Å². The lowest BCUT2D eigenvalue weighted by Crippen LogP contribution is -2.45. The first-order chi connectivity index (χ1) is 14.1. The van der Waals surface area contributed by atoms with Gasteiger partial charge in [0.1, 0.15) is 5.75 Å². The summed E-state index contributed by atoms with van der Waals surface area (Å²) in [7, 11) is 1.68. The molecule has 5 heteroatoms. The van der Waals surface area contributed by atoms with Gasteiger partial charge in [0.2, 0.25) is 0 Å². The number of hydrogen-bond acceptors (Lipinski definition) is 3. The van der Waals surface area contributed by atoms with Crippen LogP contribution in [0.1, 0.15) is 24.0 Å². The average Bonchev–Trinajstić information content (AvgIpc) is 3.07. The van der Waals surface area contributed by atoms with Crippen LogP contribution in [-0.2, 0) is 11.3 Å². The van der Waals surface area contributed by atoms with Gasteiger partial charge in [-0.3, -0.25) is 4.79 Å². The summed E-state index contributed by atoms with van der Waals surface area (Å²) < 4.78 is 8.58. The molecule has 3 fully saturated rings. The number of piperidine rings is 3. The van der Waals surface area contributed by atoms with Gasteiger partial charge in [-0.25, -0.2) is 0 Å². The topological polar surface area (TPSA) is 34.5 Å². The summed E-state index contributed by atoms with van der Waals surface area (Å²) in [4.78, 5) is 15.1. The minimum absolute atomic E-state index is 0.214. The van der Waals surface area contributed by atoms with Crippen molar-refractivity contribution in [1.29, 1.82) is 0 Å². The van der Waals surface area contributed by atoms with E-state index < -0.39 is 0 Å². The highest BCUT2D eigenvalue weighted by molar-refractivity contribution is 9.10. The van der Waals surface area contributed by atoms with E-state index in [1.807, 2.05) is 12.1 Å². The Bertz CT molecular complexity index is 1110. The van der Waals surface area contributed by atoms with Crippen molar-refractivity contribution in [2.24, 2.45) is 5.92 Å². The second-order valence-corrected chi connectivity index (χ2v) is 8.79. The van der Waals surface area contributed by atoms with E-state index in [9.17, 15) is 4.79 Å². The quantitative estimate of drug-likeness (QED) is 0.518. The summed E-state index contributed by atoms with van der Waals surface area (Å²) in [6, 6.07) is 14.5. The smallest absolute Gasteiger partial charge is 0.182 e. The molecule has 3 aromatic rings. The Morgan fingerprint density at radius 1 is 1.14 bits per heavy atom. The zero-order valence-electron chi connectivity index (χ0n) is 16.4. The molecule has 0 spiro atoms. The maximum atomic E-state index is 12.8. The maximum Gasteiger partial charge on any atom is 0.182 e. The molecule has 148 valence electrons. The van der Waals surface area contributed by atoms with E-state index in [2.05, 4.69) is 68.0 Å². The van der Waals surface area contributed by atoms with Crippen LogP contribution in [0, 0.1) is 5.92 Å². The largest absolute Gasteiger partial charge is 0.497 e. The number of fused-ring (bicyclic) bond motifs is 4. The van der Waals surface area contributed by atoms with Crippen molar-refractivity contribution in [3.63, 3.8) is 0 Å². The number of halogens is 1. The Hall–Kier alpha value is -2.53. The molecular formula is C24H23BrN2O2. The fraction of sp³-hybridized carbons (Fsp3) is 0.292. The number of allylic oxidation sites excluding steroid dienone is 1. The van der Waals surface area contributed by atoms with Crippen molar-refractivity contribution >= 4 is 38.7 Å². The summed E-state index contributed by atoms with van der Waals surface area (Å²) in [6.07, 6.45) is 6.28. The van der Waals surface area contributed by atoms with E-state index >= 15 is 0 Å². The van der Waals surface area contributed by atoms with E-state index in [-0.39, 0.29) is 5.92 Å². The number of nitrogens with zero attached hydrogens (tertiary/aromatic N) is 2. The van der Waals surface area contributed by atoms with Crippen molar-refractivity contribution in [3.8, 4) is 5.75 Å². The molecule has 0 radical (unpaired) electrons. The first-order valence-electron chi connectivity index (χ1n) is 10.0. The highest BCUT2D eigenvalue weighted by atomic mass is 79.9. The van der Waals surface area contributed by atoms with Crippen LogP contribution in [0.4, 0.5) is 0 Å². The van der Waals surface area contributed by atoms with E-state index in [0.29, 0.717) is 5.78 Å². The number of benzene rings is 2. The Morgan fingerprint density at radius 3 is 2.59 bits per heavy atom. The highest BCUT2D eigenvalue weighted by Crippen LogP contribution is 2.34. The molecule has 3 aliphatic rings. The van der Waals surface area contributed by atoms with Gasteiger partial charge in [0.05, 0.1) is 12.8 Å². The van der Waals surface area contributed by atoms with Gasteiger partial charge in [-0.15, -0.1) is 0 Å². The summed E-state index contributed by atoms with van der Waals surface area (Å²) in [5.41, 5.74) is 4.36. The predicted octanol–water partition coefficient (Wildman–Crippen LogP) is 5.10. The van der Waals surface area contributed by atoms with Crippen LogP contribution in [0.5, 0.6) is 5.75 Å². The first kappa shape index (κ1) is 18.5. The predicted molar refractivity (Wildman–Crippen MR) is 119 cm³/mol. The van der Waals surface area contributed by atoms with Crippen LogP contribution in [0.25, 0.3) is 17.0 Å². The molecule has 4 nitrogen and oxygen atoms in total. The van der Waals surface area contributed by atoms with Gasteiger partial charge in [0.25, 0.3) is 0 Å². The number of methoxy groups -OCH3 is 1.